The Morgan fingerprint density at radius 2 is 1.65 bits per heavy atom. The van der Waals surface area contributed by atoms with Crippen molar-refractivity contribution in [2.75, 3.05) is 14.1 Å². The predicted molar refractivity (Wildman–Crippen MR) is 102 cm³/mol. The van der Waals surface area contributed by atoms with Gasteiger partial charge >= 0.3 is 0 Å². The zero-order valence-corrected chi connectivity index (χ0v) is 15.6. The van der Waals surface area contributed by atoms with E-state index in [9.17, 15) is 8.42 Å². The predicted octanol–water partition coefficient (Wildman–Crippen LogP) is 2.42. The van der Waals surface area contributed by atoms with Crippen molar-refractivity contribution in [2.24, 2.45) is 0 Å². The smallest absolute Gasteiger partial charge is 0.279 e. The van der Waals surface area contributed by atoms with E-state index in [2.05, 4.69) is 9.71 Å². The van der Waals surface area contributed by atoms with Gasteiger partial charge in [-0.2, -0.15) is 17.4 Å². The highest BCUT2D eigenvalue weighted by atomic mass is 32.2. The van der Waals surface area contributed by atoms with Crippen molar-refractivity contribution < 1.29 is 8.42 Å². The SMILES string of the molecule is CN(C)S(=O)(=O)NC(c1ccccc1)c1nccn1Cc1ccccc1. The molecule has 7 heteroatoms. The molecule has 6 nitrogen and oxygen atoms in total. The van der Waals surface area contributed by atoms with Gasteiger partial charge in [-0.15, -0.1) is 0 Å². The number of hydrogen-bond acceptors (Lipinski definition) is 3. The Kier molecular flexibility index (Phi) is 5.51. The lowest BCUT2D eigenvalue weighted by Gasteiger charge is -2.22. The molecule has 0 aliphatic carbocycles. The lowest BCUT2D eigenvalue weighted by molar-refractivity contribution is 0.492. The topological polar surface area (TPSA) is 67.2 Å². The first-order valence-electron chi connectivity index (χ1n) is 8.27. The lowest BCUT2D eigenvalue weighted by Crippen LogP contribution is -2.39. The van der Waals surface area contributed by atoms with Gasteiger partial charge in [-0.3, -0.25) is 0 Å². The maximum Gasteiger partial charge on any atom is 0.279 e. The molecular weight excluding hydrogens is 348 g/mol. The van der Waals surface area contributed by atoms with Gasteiger partial charge in [0.15, 0.2) is 0 Å². The van der Waals surface area contributed by atoms with Gasteiger partial charge in [0, 0.05) is 33.0 Å². The minimum Gasteiger partial charge on any atom is -0.329 e. The summed E-state index contributed by atoms with van der Waals surface area (Å²) < 4.78 is 30.8. The molecule has 0 spiro atoms. The second-order valence-electron chi connectivity index (χ2n) is 6.15. The number of benzene rings is 2. The van der Waals surface area contributed by atoms with Crippen LogP contribution < -0.4 is 4.72 Å². The van der Waals surface area contributed by atoms with Crippen LogP contribution in [0.25, 0.3) is 0 Å². The Morgan fingerprint density at radius 3 is 2.27 bits per heavy atom. The molecule has 136 valence electrons. The van der Waals surface area contributed by atoms with Gasteiger partial charge in [0.1, 0.15) is 11.9 Å². The summed E-state index contributed by atoms with van der Waals surface area (Å²) in [6.07, 6.45) is 3.56. The van der Waals surface area contributed by atoms with Gasteiger partial charge < -0.3 is 4.57 Å². The summed E-state index contributed by atoms with van der Waals surface area (Å²) >= 11 is 0. The zero-order valence-electron chi connectivity index (χ0n) is 14.8. The van der Waals surface area contributed by atoms with E-state index in [0.717, 1.165) is 15.4 Å². The number of aromatic nitrogens is 2. The van der Waals surface area contributed by atoms with E-state index in [-0.39, 0.29) is 0 Å². The molecule has 0 saturated heterocycles. The van der Waals surface area contributed by atoms with Crippen LogP contribution in [-0.4, -0.2) is 36.4 Å². The molecule has 1 aromatic heterocycles. The van der Waals surface area contributed by atoms with E-state index in [4.69, 9.17) is 0 Å². The molecule has 1 unspecified atom stereocenters. The Labute approximate surface area is 154 Å². The first kappa shape index (κ1) is 18.3. The second-order valence-corrected chi connectivity index (χ2v) is 8.06. The van der Waals surface area contributed by atoms with Crippen molar-refractivity contribution in [3.63, 3.8) is 0 Å². The third-order valence-electron chi connectivity index (χ3n) is 4.08. The number of imidazole rings is 1. The maximum absolute atomic E-state index is 12.5. The van der Waals surface area contributed by atoms with Gasteiger partial charge in [0.2, 0.25) is 0 Å². The first-order valence-corrected chi connectivity index (χ1v) is 9.71. The van der Waals surface area contributed by atoms with E-state index >= 15 is 0 Å². The molecule has 3 aromatic rings. The molecule has 26 heavy (non-hydrogen) atoms. The average Bonchev–Trinajstić information content (AvgIpc) is 3.09. The normalized spacial score (nSPS) is 13.0. The molecule has 2 aromatic carbocycles. The molecule has 0 amide bonds. The van der Waals surface area contributed by atoms with E-state index < -0.39 is 16.3 Å². The van der Waals surface area contributed by atoms with Crippen molar-refractivity contribution in [1.82, 2.24) is 18.6 Å². The molecule has 0 aliphatic heterocycles. The highest BCUT2D eigenvalue weighted by Crippen LogP contribution is 2.23. The fourth-order valence-corrected chi connectivity index (χ4v) is 3.41. The summed E-state index contributed by atoms with van der Waals surface area (Å²) in [6, 6.07) is 18.9. The van der Waals surface area contributed by atoms with E-state index in [1.165, 1.54) is 14.1 Å². The minimum atomic E-state index is -3.63. The van der Waals surface area contributed by atoms with Crippen LogP contribution in [0, 0.1) is 0 Å². The summed E-state index contributed by atoms with van der Waals surface area (Å²) in [5, 5.41) is 0. The Balaban J connectivity index is 1.99. The quantitative estimate of drug-likeness (QED) is 0.694. The molecule has 0 aliphatic rings. The fraction of sp³-hybridized carbons (Fsp3) is 0.211. The molecule has 0 bridgehead atoms. The van der Waals surface area contributed by atoms with Crippen molar-refractivity contribution >= 4 is 10.2 Å². The first-order chi connectivity index (χ1) is 12.5. The van der Waals surface area contributed by atoms with Gasteiger partial charge in [-0.05, 0) is 11.1 Å². The molecule has 1 heterocycles. The van der Waals surface area contributed by atoms with Crippen LogP contribution in [0.3, 0.4) is 0 Å². The van der Waals surface area contributed by atoms with E-state index in [1.807, 2.05) is 71.4 Å². The van der Waals surface area contributed by atoms with Crippen LogP contribution in [0.2, 0.25) is 0 Å². The molecule has 0 radical (unpaired) electrons. The Morgan fingerprint density at radius 1 is 1.04 bits per heavy atom. The number of rotatable bonds is 7. The van der Waals surface area contributed by atoms with Gasteiger partial charge in [-0.1, -0.05) is 60.7 Å². The van der Waals surface area contributed by atoms with Crippen molar-refractivity contribution in [1.29, 1.82) is 0 Å². The molecule has 1 atom stereocenters. The lowest BCUT2D eigenvalue weighted by atomic mass is 10.1. The number of hydrogen-bond donors (Lipinski definition) is 1. The molecule has 0 fully saturated rings. The fourth-order valence-electron chi connectivity index (χ4n) is 2.66. The standard InChI is InChI=1S/C19H22N4O2S/c1-22(2)26(24,25)21-18(17-11-7-4-8-12-17)19-20-13-14-23(19)15-16-9-5-3-6-10-16/h3-14,18,21H,15H2,1-2H3. The number of nitrogens with zero attached hydrogens (tertiary/aromatic N) is 3. The monoisotopic (exact) mass is 370 g/mol. The minimum absolute atomic E-state index is 0.581. The van der Waals surface area contributed by atoms with Gasteiger partial charge in [0.05, 0.1) is 0 Å². The van der Waals surface area contributed by atoms with Crippen LogP contribution >= 0.6 is 0 Å². The second kappa shape index (κ2) is 7.82. The average molecular weight is 370 g/mol. The summed E-state index contributed by atoms with van der Waals surface area (Å²) in [5.41, 5.74) is 1.95. The summed E-state index contributed by atoms with van der Waals surface area (Å²) in [4.78, 5) is 4.45. The van der Waals surface area contributed by atoms with Crippen LogP contribution in [0.15, 0.2) is 73.1 Å². The summed E-state index contributed by atoms with van der Waals surface area (Å²) in [5.74, 6) is 0.644. The largest absolute Gasteiger partial charge is 0.329 e. The van der Waals surface area contributed by atoms with Crippen LogP contribution in [-0.2, 0) is 16.8 Å². The van der Waals surface area contributed by atoms with Crippen molar-refractivity contribution in [3.8, 4) is 0 Å². The maximum atomic E-state index is 12.5. The highest BCUT2D eigenvalue weighted by molar-refractivity contribution is 7.87. The molecule has 0 saturated carbocycles. The van der Waals surface area contributed by atoms with Gasteiger partial charge in [-0.25, -0.2) is 4.98 Å². The molecular formula is C19H22N4O2S. The molecule has 3 rings (SSSR count). The summed E-state index contributed by atoms with van der Waals surface area (Å²) in [6.45, 7) is 0.614. The Bertz CT molecular complexity index is 938. The van der Waals surface area contributed by atoms with E-state index in [1.54, 1.807) is 6.20 Å². The third-order valence-corrected chi connectivity index (χ3v) is 5.58. The van der Waals surface area contributed by atoms with Crippen LogP contribution in [0.5, 0.6) is 0 Å². The third kappa shape index (κ3) is 4.19. The summed E-state index contributed by atoms with van der Waals surface area (Å²) in [7, 11) is -0.630. The Hall–Kier alpha value is -2.48. The zero-order chi connectivity index (χ0) is 18.6. The van der Waals surface area contributed by atoms with Gasteiger partial charge in [0.25, 0.3) is 10.2 Å². The molecule has 1 N–H and O–H groups in total. The van der Waals surface area contributed by atoms with Crippen LogP contribution in [0.4, 0.5) is 0 Å². The highest BCUT2D eigenvalue weighted by Gasteiger charge is 2.26. The van der Waals surface area contributed by atoms with Crippen molar-refractivity contribution in [2.45, 2.75) is 12.6 Å². The number of nitrogens with one attached hydrogen (secondary N) is 1. The van der Waals surface area contributed by atoms with E-state index in [0.29, 0.717) is 12.4 Å². The van der Waals surface area contributed by atoms with Crippen LogP contribution in [0.1, 0.15) is 23.0 Å². The van der Waals surface area contributed by atoms with Crippen molar-refractivity contribution in [3.05, 3.63) is 90.0 Å².